The fourth-order valence-electron chi connectivity index (χ4n) is 6.55. The van der Waals surface area contributed by atoms with Gasteiger partial charge in [0, 0.05) is 34.4 Å². The number of rotatable bonds is 10. The van der Waals surface area contributed by atoms with E-state index in [0.29, 0.717) is 36.8 Å². The Bertz CT molecular complexity index is 2210. The molecule has 0 fully saturated rings. The van der Waals surface area contributed by atoms with Crippen LogP contribution in [0.4, 0.5) is 0 Å². The van der Waals surface area contributed by atoms with E-state index in [1.807, 2.05) is 12.1 Å². The molecule has 278 valence electrons. The van der Waals surface area contributed by atoms with Gasteiger partial charge in [0.1, 0.15) is 22.5 Å². The molecule has 0 atom stereocenters. The van der Waals surface area contributed by atoms with Gasteiger partial charge in [-0.05, 0) is 81.3 Å². The minimum absolute atomic E-state index is 0.0850. The minimum atomic E-state index is -0.0850. The molecule has 6 heteroatoms. The summed E-state index contributed by atoms with van der Waals surface area (Å²) in [4.78, 5) is 9.74. The molecule has 5 aromatic carbocycles. The van der Waals surface area contributed by atoms with Gasteiger partial charge in [0.05, 0.1) is 13.2 Å². The van der Waals surface area contributed by atoms with E-state index in [2.05, 4.69) is 154 Å². The zero-order chi connectivity index (χ0) is 38.4. The number of hydrogen-bond acceptors (Lipinski definition) is 6. The van der Waals surface area contributed by atoms with E-state index in [4.69, 9.17) is 28.3 Å². The van der Waals surface area contributed by atoms with E-state index in [1.54, 1.807) is 0 Å². The molecule has 2 aromatic heterocycles. The molecular weight excluding hydrogens is 669 g/mol. The number of hydrogen-bond donors (Lipinski definition) is 0. The van der Waals surface area contributed by atoms with Crippen LogP contribution in [0, 0.1) is 11.8 Å². The molecular formula is C48H52N2O4. The highest BCUT2D eigenvalue weighted by Crippen LogP contribution is 2.39. The summed E-state index contributed by atoms with van der Waals surface area (Å²) in [6, 6.07) is 33.6. The van der Waals surface area contributed by atoms with Gasteiger partial charge in [0.25, 0.3) is 0 Å². The lowest BCUT2D eigenvalue weighted by Gasteiger charge is -2.23. The van der Waals surface area contributed by atoms with Gasteiger partial charge < -0.3 is 18.3 Å². The quantitative estimate of drug-likeness (QED) is 0.140. The van der Waals surface area contributed by atoms with Crippen LogP contribution in [0.1, 0.15) is 80.4 Å². The number of fused-ring (bicyclic) bond motifs is 2. The van der Waals surface area contributed by atoms with Crippen molar-refractivity contribution >= 4 is 22.2 Å². The highest BCUT2D eigenvalue weighted by Gasteiger charge is 2.24. The van der Waals surface area contributed by atoms with Crippen molar-refractivity contribution in [1.29, 1.82) is 0 Å². The average molecular weight is 721 g/mol. The van der Waals surface area contributed by atoms with Crippen LogP contribution in [0.2, 0.25) is 0 Å². The van der Waals surface area contributed by atoms with Crippen LogP contribution in [0.15, 0.2) is 106 Å². The molecule has 0 bridgehead atoms. The van der Waals surface area contributed by atoms with Crippen molar-refractivity contribution in [3.63, 3.8) is 0 Å². The Hall–Kier alpha value is -5.36. The van der Waals surface area contributed by atoms with Crippen LogP contribution in [0.5, 0.6) is 11.5 Å². The first-order valence-electron chi connectivity index (χ1n) is 19.1. The third kappa shape index (κ3) is 7.94. The van der Waals surface area contributed by atoms with Gasteiger partial charge in [-0.25, -0.2) is 9.97 Å². The van der Waals surface area contributed by atoms with Gasteiger partial charge in [0.15, 0.2) is 11.2 Å². The summed E-state index contributed by atoms with van der Waals surface area (Å²) in [5, 5.41) is 0. The van der Waals surface area contributed by atoms with Crippen molar-refractivity contribution in [2.75, 3.05) is 13.2 Å². The van der Waals surface area contributed by atoms with E-state index >= 15 is 0 Å². The number of benzene rings is 5. The van der Waals surface area contributed by atoms with Gasteiger partial charge >= 0.3 is 0 Å². The molecule has 0 spiro atoms. The van der Waals surface area contributed by atoms with Crippen molar-refractivity contribution in [1.82, 2.24) is 9.97 Å². The monoisotopic (exact) mass is 720 g/mol. The molecule has 0 saturated heterocycles. The predicted molar refractivity (Wildman–Crippen MR) is 221 cm³/mol. The lowest BCUT2D eigenvalue weighted by molar-refractivity contribution is 0.265. The first-order chi connectivity index (χ1) is 25.6. The first kappa shape index (κ1) is 37.0. The molecule has 6 nitrogen and oxygen atoms in total. The first-order valence-corrected chi connectivity index (χ1v) is 19.1. The van der Waals surface area contributed by atoms with E-state index < -0.39 is 0 Å². The Morgan fingerprint density at radius 1 is 0.463 bits per heavy atom. The maximum atomic E-state index is 6.26. The van der Waals surface area contributed by atoms with Gasteiger partial charge in [-0.3, -0.25) is 0 Å². The Morgan fingerprint density at radius 3 is 1.04 bits per heavy atom. The average Bonchev–Trinajstić information content (AvgIpc) is 3.75. The highest BCUT2D eigenvalue weighted by atomic mass is 16.5. The lowest BCUT2D eigenvalue weighted by atomic mass is 9.86. The van der Waals surface area contributed by atoms with E-state index in [1.165, 1.54) is 0 Å². The van der Waals surface area contributed by atoms with Crippen LogP contribution in [0.25, 0.3) is 67.4 Å². The SMILES string of the molecule is CC(C)COc1cc2oc(-c3ccc(-c4ccc(-c5ccc(-c6nc7cc(C(C)(C)C)c(OCC(C)C)cc7o6)cc5)cc4)cc3)nc2cc1C(C)(C)C. The maximum Gasteiger partial charge on any atom is 0.227 e. The Kier molecular flexibility index (Phi) is 9.91. The van der Waals surface area contributed by atoms with E-state index in [9.17, 15) is 0 Å². The van der Waals surface area contributed by atoms with Crippen molar-refractivity contribution in [2.45, 2.75) is 80.1 Å². The van der Waals surface area contributed by atoms with Crippen LogP contribution in [-0.4, -0.2) is 23.2 Å². The number of oxazole rings is 2. The van der Waals surface area contributed by atoms with Gasteiger partial charge in [-0.2, -0.15) is 0 Å². The molecule has 0 saturated carbocycles. The topological polar surface area (TPSA) is 70.5 Å². The molecule has 0 radical (unpaired) electrons. The van der Waals surface area contributed by atoms with Crippen LogP contribution in [-0.2, 0) is 10.8 Å². The normalized spacial score (nSPS) is 12.4. The smallest absolute Gasteiger partial charge is 0.227 e. The lowest BCUT2D eigenvalue weighted by Crippen LogP contribution is -2.15. The van der Waals surface area contributed by atoms with Crippen molar-refractivity contribution in [3.05, 3.63) is 108 Å². The molecule has 2 heterocycles. The van der Waals surface area contributed by atoms with Gasteiger partial charge in [-0.1, -0.05) is 118 Å². The summed E-state index contributed by atoms with van der Waals surface area (Å²) in [6.45, 7) is 23.1. The number of ether oxygens (including phenoxy) is 2. The van der Waals surface area contributed by atoms with Crippen LogP contribution in [0.3, 0.4) is 0 Å². The van der Waals surface area contributed by atoms with Crippen LogP contribution < -0.4 is 9.47 Å². The summed E-state index contributed by atoms with van der Waals surface area (Å²) in [5.41, 5.74) is 11.6. The van der Waals surface area contributed by atoms with Crippen molar-refractivity contribution in [2.24, 2.45) is 11.8 Å². The molecule has 54 heavy (non-hydrogen) atoms. The molecule has 0 unspecified atom stereocenters. The third-order valence-electron chi connectivity index (χ3n) is 9.56. The molecule has 0 aliphatic heterocycles. The van der Waals surface area contributed by atoms with Gasteiger partial charge in [0.2, 0.25) is 11.8 Å². The maximum absolute atomic E-state index is 6.26. The Morgan fingerprint density at radius 2 is 0.759 bits per heavy atom. The minimum Gasteiger partial charge on any atom is -0.493 e. The largest absolute Gasteiger partial charge is 0.493 e. The standard InChI is InChI=1S/C48H52N2O4/c1-29(2)27-51-41-25-43-39(23-37(41)47(5,6)7)49-45(53-43)35-19-15-33(16-20-35)31-11-13-32(14-12-31)34-17-21-36(22-18-34)46-50-40-24-38(48(8,9)10)42(26-44(40)54-46)52-28-30(3)4/h11-26,29-30H,27-28H2,1-10H3. The summed E-state index contributed by atoms with van der Waals surface area (Å²) < 4.78 is 24.9. The molecule has 0 amide bonds. The summed E-state index contributed by atoms with van der Waals surface area (Å²) in [6.07, 6.45) is 0. The van der Waals surface area contributed by atoms with Crippen molar-refractivity contribution in [3.8, 4) is 56.7 Å². The van der Waals surface area contributed by atoms with Gasteiger partial charge in [-0.15, -0.1) is 0 Å². The Labute approximate surface area is 319 Å². The second-order valence-electron chi connectivity index (χ2n) is 17.3. The third-order valence-corrected chi connectivity index (χ3v) is 9.56. The zero-order valence-electron chi connectivity index (χ0n) is 33.3. The zero-order valence-corrected chi connectivity index (χ0v) is 33.3. The van der Waals surface area contributed by atoms with Crippen molar-refractivity contribution < 1.29 is 18.3 Å². The summed E-state index contributed by atoms with van der Waals surface area (Å²) in [5.74, 6) is 3.79. The Balaban J connectivity index is 1.07. The number of nitrogens with zero attached hydrogens (tertiary/aromatic N) is 2. The second-order valence-corrected chi connectivity index (χ2v) is 17.3. The van der Waals surface area contributed by atoms with Crippen LogP contribution >= 0.6 is 0 Å². The van der Waals surface area contributed by atoms with E-state index in [-0.39, 0.29) is 10.8 Å². The molecule has 7 rings (SSSR count). The highest BCUT2D eigenvalue weighted by molar-refractivity contribution is 5.82. The molecule has 7 aromatic rings. The molecule has 0 aliphatic rings. The van der Waals surface area contributed by atoms with E-state index in [0.717, 1.165) is 78.2 Å². The molecule has 0 aliphatic carbocycles. The summed E-state index contributed by atoms with van der Waals surface area (Å²) >= 11 is 0. The number of aromatic nitrogens is 2. The summed E-state index contributed by atoms with van der Waals surface area (Å²) in [7, 11) is 0. The second kappa shape index (κ2) is 14.5. The fourth-order valence-corrected chi connectivity index (χ4v) is 6.55. The predicted octanol–water partition coefficient (Wildman–Crippen LogP) is 13.3. The fraction of sp³-hybridized carbons (Fsp3) is 0.333. The molecule has 0 N–H and O–H groups in total.